The first kappa shape index (κ1) is 22.6. The van der Waals surface area contributed by atoms with Crippen LogP contribution in [0.5, 0.6) is 0 Å². The minimum atomic E-state index is 0.0188. The van der Waals surface area contributed by atoms with Crippen molar-refractivity contribution in [2.45, 2.75) is 20.3 Å². The highest BCUT2D eigenvalue weighted by molar-refractivity contribution is 6.32. The summed E-state index contributed by atoms with van der Waals surface area (Å²) in [4.78, 5) is 26.7. The summed E-state index contributed by atoms with van der Waals surface area (Å²) >= 11 is 12.4. The van der Waals surface area contributed by atoms with Crippen molar-refractivity contribution in [3.8, 4) is 5.69 Å². The lowest BCUT2D eigenvalue weighted by molar-refractivity contribution is 0.0767. The van der Waals surface area contributed by atoms with Crippen LogP contribution in [0.25, 0.3) is 16.7 Å². The van der Waals surface area contributed by atoms with Gasteiger partial charge in [-0.2, -0.15) is 5.10 Å². The van der Waals surface area contributed by atoms with Gasteiger partial charge in [0.1, 0.15) is 11.6 Å². The largest absolute Gasteiger partial charge is 0.354 e. The van der Waals surface area contributed by atoms with Crippen LogP contribution in [0.4, 0.5) is 5.82 Å². The zero-order chi connectivity index (χ0) is 23.8. The van der Waals surface area contributed by atoms with Crippen molar-refractivity contribution >= 4 is 46.0 Å². The Hall–Kier alpha value is -3.16. The minimum absolute atomic E-state index is 0.0188. The number of para-hydroxylation sites is 1. The number of rotatable bonds is 3. The number of hydrogen-bond donors (Lipinski definition) is 0. The number of benzene rings is 2. The summed E-state index contributed by atoms with van der Waals surface area (Å²) in [5.41, 5.74) is 2.99. The normalized spacial score (nSPS) is 14.5. The first-order chi connectivity index (χ1) is 16.4. The van der Waals surface area contributed by atoms with Crippen LogP contribution in [-0.4, -0.2) is 56.7 Å². The highest BCUT2D eigenvalue weighted by Crippen LogP contribution is 2.31. The molecule has 0 radical (unpaired) electrons. The molecule has 34 heavy (non-hydrogen) atoms. The fraction of sp³-hybridized carbons (Fsp3) is 0.280. The second-order valence-corrected chi connectivity index (χ2v) is 9.22. The third-order valence-electron chi connectivity index (χ3n) is 6.05. The van der Waals surface area contributed by atoms with E-state index < -0.39 is 0 Å². The van der Waals surface area contributed by atoms with Gasteiger partial charge < -0.3 is 9.80 Å². The molecule has 5 rings (SSSR count). The van der Waals surface area contributed by atoms with Gasteiger partial charge in [0.15, 0.2) is 5.65 Å². The second-order valence-electron chi connectivity index (χ2n) is 8.38. The highest BCUT2D eigenvalue weighted by Gasteiger charge is 2.25. The van der Waals surface area contributed by atoms with Crippen LogP contribution < -0.4 is 4.90 Å². The Morgan fingerprint density at radius 3 is 2.44 bits per heavy atom. The Kier molecular flexibility index (Phi) is 6.15. The number of anilines is 1. The smallest absolute Gasteiger partial charge is 0.253 e. The van der Waals surface area contributed by atoms with E-state index in [1.54, 1.807) is 28.9 Å². The van der Waals surface area contributed by atoms with E-state index >= 15 is 0 Å². The molecule has 0 N–H and O–H groups in total. The fourth-order valence-corrected chi connectivity index (χ4v) is 4.74. The van der Waals surface area contributed by atoms with Crippen LogP contribution in [0.15, 0.2) is 48.5 Å². The van der Waals surface area contributed by atoms with Crippen LogP contribution >= 0.6 is 23.2 Å². The van der Waals surface area contributed by atoms with Crippen LogP contribution in [0.1, 0.15) is 28.3 Å². The molecule has 1 aliphatic rings. The lowest BCUT2D eigenvalue weighted by Gasteiger charge is -2.24. The molecule has 1 fully saturated rings. The van der Waals surface area contributed by atoms with Gasteiger partial charge in [-0.25, -0.2) is 14.6 Å². The first-order valence-corrected chi connectivity index (χ1v) is 12.0. The Balaban J connectivity index is 1.47. The number of carbonyl (C=O) groups excluding carboxylic acids is 1. The number of amides is 1. The Morgan fingerprint density at radius 1 is 0.912 bits per heavy atom. The summed E-state index contributed by atoms with van der Waals surface area (Å²) in [6.45, 7) is 6.59. The molecule has 0 aliphatic carbocycles. The SMILES string of the molecule is Cc1nc(N2CCCN(C(=O)c3ccc(Cl)cc3)CC2)c2c(C)nn(-c3ccccc3Cl)c2n1. The predicted octanol–water partition coefficient (Wildman–Crippen LogP) is 5.09. The van der Waals surface area contributed by atoms with Crippen LogP contribution in [-0.2, 0) is 0 Å². The van der Waals surface area contributed by atoms with E-state index in [0.29, 0.717) is 41.1 Å². The standard InChI is InChI=1S/C25H24Cl2N6O/c1-16-22-23(28-17(2)29-24(22)33(30-16)21-7-4-3-6-20(21)27)31-12-5-13-32(15-14-31)25(34)18-8-10-19(26)11-9-18/h3-4,6-11H,5,12-15H2,1-2H3. The molecule has 1 aliphatic heterocycles. The molecule has 0 unspecified atom stereocenters. The van der Waals surface area contributed by atoms with E-state index in [1.165, 1.54) is 0 Å². The summed E-state index contributed by atoms with van der Waals surface area (Å²) in [6.07, 6.45) is 0.835. The highest BCUT2D eigenvalue weighted by atomic mass is 35.5. The predicted molar refractivity (Wildman–Crippen MR) is 135 cm³/mol. The summed E-state index contributed by atoms with van der Waals surface area (Å²) in [5.74, 6) is 1.53. The molecular weight excluding hydrogens is 471 g/mol. The van der Waals surface area contributed by atoms with Crippen molar-refractivity contribution in [3.05, 3.63) is 75.7 Å². The molecule has 2 aromatic heterocycles. The van der Waals surface area contributed by atoms with Gasteiger partial charge in [0, 0.05) is 36.8 Å². The van der Waals surface area contributed by atoms with Gasteiger partial charge in [0.2, 0.25) is 0 Å². The molecule has 1 amide bonds. The van der Waals surface area contributed by atoms with Crippen molar-refractivity contribution in [2.75, 3.05) is 31.1 Å². The van der Waals surface area contributed by atoms with Gasteiger partial charge in [0.25, 0.3) is 5.91 Å². The molecule has 0 saturated carbocycles. The zero-order valence-corrected chi connectivity index (χ0v) is 20.5. The maximum atomic E-state index is 13.0. The van der Waals surface area contributed by atoms with E-state index in [4.69, 9.17) is 38.3 Å². The topological polar surface area (TPSA) is 67.2 Å². The Labute approximate surface area is 207 Å². The van der Waals surface area contributed by atoms with Gasteiger partial charge in [-0.3, -0.25) is 4.79 Å². The van der Waals surface area contributed by atoms with E-state index in [0.717, 1.165) is 41.2 Å². The molecule has 9 heteroatoms. The maximum absolute atomic E-state index is 13.0. The zero-order valence-electron chi connectivity index (χ0n) is 19.0. The molecule has 4 aromatic rings. The molecule has 3 heterocycles. The molecule has 2 aromatic carbocycles. The summed E-state index contributed by atoms with van der Waals surface area (Å²) in [5, 5.41) is 6.89. The van der Waals surface area contributed by atoms with Gasteiger partial charge in [-0.05, 0) is 56.7 Å². The Morgan fingerprint density at radius 2 is 1.68 bits per heavy atom. The van der Waals surface area contributed by atoms with E-state index in [9.17, 15) is 4.79 Å². The maximum Gasteiger partial charge on any atom is 0.253 e. The third kappa shape index (κ3) is 4.21. The molecule has 7 nitrogen and oxygen atoms in total. The molecule has 0 bridgehead atoms. The Bertz CT molecular complexity index is 1370. The summed E-state index contributed by atoms with van der Waals surface area (Å²) in [6, 6.07) is 14.6. The molecular formula is C25H24Cl2N6O. The monoisotopic (exact) mass is 494 g/mol. The van der Waals surface area contributed by atoms with Crippen LogP contribution in [0.3, 0.4) is 0 Å². The van der Waals surface area contributed by atoms with Crippen molar-refractivity contribution < 1.29 is 4.79 Å². The van der Waals surface area contributed by atoms with Crippen molar-refractivity contribution in [3.63, 3.8) is 0 Å². The number of halogens is 2. The number of aromatic nitrogens is 4. The van der Waals surface area contributed by atoms with Crippen molar-refractivity contribution in [1.29, 1.82) is 0 Å². The van der Waals surface area contributed by atoms with Gasteiger partial charge in [0.05, 0.1) is 21.8 Å². The summed E-state index contributed by atoms with van der Waals surface area (Å²) < 4.78 is 1.79. The minimum Gasteiger partial charge on any atom is -0.354 e. The average Bonchev–Trinajstić information content (AvgIpc) is 2.99. The lowest BCUT2D eigenvalue weighted by Crippen LogP contribution is -2.35. The number of carbonyl (C=O) groups is 1. The third-order valence-corrected chi connectivity index (χ3v) is 6.62. The number of nitrogens with zero attached hydrogens (tertiary/aromatic N) is 6. The van der Waals surface area contributed by atoms with Gasteiger partial charge >= 0.3 is 0 Å². The lowest BCUT2D eigenvalue weighted by atomic mass is 10.2. The van der Waals surface area contributed by atoms with Crippen molar-refractivity contribution in [1.82, 2.24) is 24.6 Å². The molecule has 0 spiro atoms. The van der Waals surface area contributed by atoms with Crippen molar-refractivity contribution in [2.24, 2.45) is 0 Å². The van der Waals surface area contributed by atoms with E-state index in [2.05, 4.69) is 4.90 Å². The number of hydrogen-bond acceptors (Lipinski definition) is 5. The number of fused-ring (bicyclic) bond motifs is 1. The second kappa shape index (κ2) is 9.24. The van der Waals surface area contributed by atoms with Crippen LogP contribution in [0.2, 0.25) is 10.0 Å². The molecule has 174 valence electrons. The van der Waals surface area contributed by atoms with Crippen LogP contribution in [0, 0.1) is 13.8 Å². The van der Waals surface area contributed by atoms with E-state index in [-0.39, 0.29) is 5.91 Å². The molecule has 1 saturated heterocycles. The number of aryl methyl sites for hydroxylation is 2. The van der Waals surface area contributed by atoms with Gasteiger partial charge in [-0.1, -0.05) is 35.3 Å². The van der Waals surface area contributed by atoms with Gasteiger partial charge in [-0.15, -0.1) is 0 Å². The quantitative estimate of drug-likeness (QED) is 0.396. The fourth-order valence-electron chi connectivity index (χ4n) is 4.40. The first-order valence-electron chi connectivity index (χ1n) is 11.2. The van der Waals surface area contributed by atoms with E-state index in [1.807, 2.05) is 43.0 Å². The summed E-state index contributed by atoms with van der Waals surface area (Å²) in [7, 11) is 0. The average molecular weight is 495 g/mol. The molecule has 0 atom stereocenters.